The number of nitrogens with zero attached hydrogens (tertiary/aromatic N) is 2. The topological polar surface area (TPSA) is 42.4 Å². The summed E-state index contributed by atoms with van der Waals surface area (Å²) in [6.45, 7) is 4.38. The van der Waals surface area contributed by atoms with Gasteiger partial charge in [0.05, 0.1) is 23.9 Å². The lowest BCUT2D eigenvalue weighted by atomic mass is 9.95. The van der Waals surface area contributed by atoms with Gasteiger partial charge in [0.2, 0.25) is 0 Å². The van der Waals surface area contributed by atoms with E-state index < -0.39 is 17.2 Å². The van der Waals surface area contributed by atoms with E-state index in [-0.39, 0.29) is 6.04 Å². The number of aromatic nitrogens is 1. The molecule has 0 aromatic carbocycles. The molecule has 7 heteroatoms. The molecule has 2 rings (SSSR count). The predicted octanol–water partition coefficient (Wildman–Crippen LogP) is 3.00. The summed E-state index contributed by atoms with van der Waals surface area (Å²) in [5.74, 6) is 0. The number of carbonyl (C=O) groups is 1. The summed E-state index contributed by atoms with van der Waals surface area (Å²) in [4.78, 5) is 20.4. The van der Waals surface area contributed by atoms with Crippen LogP contribution in [0.25, 0.3) is 0 Å². The Bertz CT molecular complexity index is 500. The first-order valence-corrected chi connectivity index (χ1v) is 6.62. The van der Waals surface area contributed by atoms with Gasteiger partial charge in [0.15, 0.2) is 0 Å². The van der Waals surface area contributed by atoms with Crippen molar-refractivity contribution in [1.82, 2.24) is 10.0 Å². The molecule has 1 aliphatic rings. The number of rotatable bonds is 4. The number of pyridine rings is 1. The molecule has 1 fully saturated rings. The van der Waals surface area contributed by atoms with E-state index >= 15 is 0 Å². The smallest absolute Gasteiger partial charge is 0.303 e. The van der Waals surface area contributed by atoms with E-state index in [0.29, 0.717) is 25.3 Å². The Hall–Kier alpha value is -1.47. The van der Waals surface area contributed by atoms with Crippen LogP contribution in [0, 0.1) is 5.41 Å². The molecule has 1 aliphatic heterocycles. The average Bonchev–Trinajstić information content (AvgIpc) is 2.85. The highest BCUT2D eigenvalue weighted by atomic mass is 19.4. The van der Waals surface area contributed by atoms with Crippen molar-refractivity contribution in [1.29, 1.82) is 0 Å². The lowest BCUT2D eigenvalue weighted by Gasteiger charge is -2.28. The SMILES string of the molecule is CC(C)(C=O)CN1OCCC1c1ccc(C(F)(F)F)cn1. The third-order valence-corrected chi connectivity index (χ3v) is 3.33. The summed E-state index contributed by atoms with van der Waals surface area (Å²) in [7, 11) is 0. The van der Waals surface area contributed by atoms with Gasteiger partial charge in [-0.2, -0.15) is 18.2 Å². The minimum absolute atomic E-state index is 0.230. The minimum Gasteiger partial charge on any atom is -0.303 e. The summed E-state index contributed by atoms with van der Waals surface area (Å²) >= 11 is 0. The van der Waals surface area contributed by atoms with Gasteiger partial charge in [0.25, 0.3) is 0 Å². The van der Waals surface area contributed by atoms with Crippen LogP contribution in [-0.4, -0.2) is 29.5 Å². The van der Waals surface area contributed by atoms with Gasteiger partial charge < -0.3 is 4.79 Å². The Morgan fingerprint density at radius 2 is 2.14 bits per heavy atom. The van der Waals surface area contributed by atoms with Gasteiger partial charge in [0, 0.05) is 18.2 Å². The minimum atomic E-state index is -4.39. The molecule has 116 valence electrons. The Labute approximate surface area is 120 Å². The molecule has 1 saturated heterocycles. The Kier molecular flexibility index (Phi) is 4.34. The molecule has 1 atom stereocenters. The van der Waals surface area contributed by atoms with E-state index in [1.165, 1.54) is 6.07 Å². The second-order valence-electron chi connectivity index (χ2n) is 5.79. The number of hydrogen-bond donors (Lipinski definition) is 0. The van der Waals surface area contributed by atoms with Gasteiger partial charge in [-0.1, -0.05) is 13.8 Å². The quantitative estimate of drug-likeness (QED) is 0.802. The van der Waals surface area contributed by atoms with Crippen LogP contribution in [0.5, 0.6) is 0 Å². The maximum absolute atomic E-state index is 12.5. The highest BCUT2D eigenvalue weighted by molar-refractivity contribution is 5.58. The second-order valence-corrected chi connectivity index (χ2v) is 5.79. The van der Waals surface area contributed by atoms with Crippen molar-refractivity contribution in [2.45, 2.75) is 32.5 Å². The summed E-state index contributed by atoms with van der Waals surface area (Å²) in [5.41, 5.74) is -0.846. The van der Waals surface area contributed by atoms with Crippen molar-refractivity contribution < 1.29 is 22.8 Å². The lowest BCUT2D eigenvalue weighted by Crippen LogP contribution is -2.34. The Morgan fingerprint density at radius 1 is 1.43 bits per heavy atom. The maximum atomic E-state index is 12.5. The van der Waals surface area contributed by atoms with E-state index in [9.17, 15) is 18.0 Å². The molecule has 0 bridgehead atoms. The van der Waals surface area contributed by atoms with Crippen molar-refractivity contribution in [3.05, 3.63) is 29.6 Å². The fourth-order valence-corrected chi connectivity index (χ4v) is 2.18. The molecule has 0 radical (unpaired) electrons. The highest BCUT2D eigenvalue weighted by Crippen LogP contribution is 2.33. The summed E-state index contributed by atoms with van der Waals surface area (Å²) in [6, 6.07) is 2.15. The molecule has 0 spiro atoms. The number of hydroxylamine groups is 2. The zero-order valence-electron chi connectivity index (χ0n) is 11.9. The van der Waals surface area contributed by atoms with Crippen LogP contribution in [0.3, 0.4) is 0 Å². The standard InChI is InChI=1S/C14H17F3N2O2/c1-13(2,9-20)8-19-12(5-6-21-19)11-4-3-10(7-18-11)14(15,16)17/h3-4,7,9,12H,5-6,8H2,1-2H3. The first-order valence-electron chi connectivity index (χ1n) is 6.62. The molecule has 1 aromatic rings. The zero-order valence-corrected chi connectivity index (χ0v) is 11.9. The van der Waals surface area contributed by atoms with Crippen molar-refractivity contribution in [2.24, 2.45) is 5.41 Å². The van der Waals surface area contributed by atoms with Crippen molar-refractivity contribution in [3.63, 3.8) is 0 Å². The van der Waals surface area contributed by atoms with Crippen LogP contribution < -0.4 is 0 Å². The van der Waals surface area contributed by atoms with E-state index in [1.54, 1.807) is 18.9 Å². The molecule has 1 unspecified atom stereocenters. The zero-order chi connectivity index (χ0) is 15.7. The number of hydrogen-bond acceptors (Lipinski definition) is 4. The highest BCUT2D eigenvalue weighted by Gasteiger charge is 2.35. The van der Waals surface area contributed by atoms with Crippen LogP contribution in [-0.2, 0) is 15.8 Å². The third-order valence-electron chi connectivity index (χ3n) is 3.33. The second kappa shape index (κ2) is 5.73. The van der Waals surface area contributed by atoms with Crippen molar-refractivity contribution >= 4 is 6.29 Å². The molecule has 2 heterocycles. The number of halogens is 3. The van der Waals surface area contributed by atoms with Crippen LogP contribution in [0.1, 0.15) is 37.6 Å². The van der Waals surface area contributed by atoms with Crippen LogP contribution in [0.4, 0.5) is 13.2 Å². The van der Waals surface area contributed by atoms with Crippen LogP contribution >= 0.6 is 0 Å². The van der Waals surface area contributed by atoms with Crippen LogP contribution in [0.2, 0.25) is 0 Å². The normalized spacial score (nSPS) is 20.7. The van der Waals surface area contributed by atoms with Gasteiger partial charge in [-0.3, -0.25) is 9.82 Å². The predicted molar refractivity (Wildman–Crippen MR) is 69.1 cm³/mol. The maximum Gasteiger partial charge on any atom is 0.417 e. The van der Waals surface area contributed by atoms with E-state index in [0.717, 1.165) is 18.5 Å². The Morgan fingerprint density at radius 3 is 2.67 bits per heavy atom. The molecular formula is C14H17F3N2O2. The first kappa shape index (κ1) is 15.9. The number of aldehydes is 1. The van der Waals surface area contributed by atoms with Gasteiger partial charge in [-0.15, -0.1) is 0 Å². The first-order chi connectivity index (χ1) is 9.73. The van der Waals surface area contributed by atoms with Crippen LogP contribution in [0.15, 0.2) is 18.3 Å². The molecular weight excluding hydrogens is 285 g/mol. The third kappa shape index (κ3) is 3.79. The monoisotopic (exact) mass is 302 g/mol. The lowest BCUT2D eigenvalue weighted by molar-refractivity contribution is -0.155. The van der Waals surface area contributed by atoms with Gasteiger partial charge >= 0.3 is 6.18 Å². The summed E-state index contributed by atoms with van der Waals surface area (Å²) in [5, 5.41) is 1.63. The molecule has 21 heavy (non-hydrogen) atoms. The fourth-order valence-electron chi connectivity index (χ4n) is 2.18. The van der Waals surface area contributed by atoms with E-state index in [4.69, 9.17) is 4.84 Å². The molecule has 4 nitrogen and oxygen atoms in total. The van der Waals surface area contributed by atoms with E-state index in [1.807, 2.05) is 0 Å². The van der Waals surface area contributed by atoms with Gasteiger partial charge in [-0.25, -0.2) is 0 Å². The summed E-state index contributed by atoms with van der Waals surface area (Å²) < 4.78 is 37.6. The average molecular weight is 302 g/mol. The molecule has 0 saturated carbocycles. The Balaban J connectivity index is 2.15. The number of alkyl halides is 3. The largest absolute Gasteiger partial charge is 0.417 e. The van der Waals surface area contributed by atoms with Gasteiger partial charge in [-0.05, 0) is 18.6 Å². The molecule has 0 N–H and O–H groups in total. The fraction of sp³-hybridized carbons (Fsp3) is 0.571. The molecule has 0 amide bonds. The van der Waals surface area contributed by atoms with E-state index in [2.05, 4.69) is 4.98 Å². The van der Waals surface area contributed by atoms with Gasteiger partial charge in [0.1, 0.15) is 6.29 Å². The number of carbonyl (C=O) groups excluding carboxylic acids is 1. The summed E-state index contributed by atoms with van der Waals surface area (Å²) in [6.07, 6.45) is -2.09. The molecule has 0 aliphatic carbocycles. The van der Waals surface area contributed by atoms with Crippen molar-refractivity contribution in [2.75, 3.05) is 13.2 Å². The van der Waals surface area contributed by atoms with Crippen molar-refractivity contribution in [3.8, 4) is 0 Å². The molecule has 1 aromatic heterocycles.